The summed E-state index contributed by atoms with van der Waals surface area (Å²) in [6, 6.07) is 5.69. The normalized spacial score (nSPS) is 10.5. The van der Waals surface area contributed by atoms with Gasteiger partial charge in [-0.25, -0.2) is 4.79 Å². The molecule has 2 rings (SSSR count). The molecule has 0 atom stereocenters. The Labute approximate surface area is 98.9 Å². The largest absolute Gasteiger partial charge is 0.477 e. The summed E-state index contributed by atoms with van der Waals surface area (Å²) in [7, 11) is 0. The highest BCUT2D eigenvalue weighted by Crippen LogP contribution is 2.27. The van der Waals surface area contributed by atoms with E-state index in [9.17, 15) is 4.79 Å². The smallest absolute Gasteiger partial charge is 0.341 e. The Kier molecular flexibility index (Phi) is 2.71. The number of rotatable bonds is 2. The number of aromatic nitrogens is 1. The molecule has 0 bridgehead atoms. The van der Waals surface area contributed by atoms with E-state index < -0.39 is 5.97 Å². The van der Waals surface area contributed by atoms with Crippen molar-refractivity contribution < 1.29 is 14.4 Å². The molecule has 0 spiro atoms. The summed E-state index contributed by atoms with van der Waals surface area (Å²) in [4.78, 5) is 11.1. The molecule has 0 aliphatic rings. The van der Waals surface area contributed by atoms with Crippen molar-refractivity contribution >= 4 is 5.97 Å². The highest BCUT2D eigenvalue weighted by molar-refractivity contribution is 5.95. The predicted octanol–water partition coefficient (Wildman–Crippen LogP) is 2.97. The molecule has 0 amide bonds. The van der Waals surface area contributed by atoms with Crippen LogP contribution in [0.5, 0.6) is 0 Å². The van der Waals surface area contributed by atoms with Crippen molar-refractivity contribution in [2.24, 2.45) is 0 Å². The standard InChI is InChI=1S/C13H13NO3/c1-7-4-5-10(6-8(7)2)12-11(13(15)16)9(3)14-17-12/h4-6H,1-3H3,(H,15,16). The van der Waals surface area contributed by atoms with E-state index in [4.69, 9.17) is 9.63 Å². The Morgan fingerprint density at radius 1 is 1.24 bits per heavy atom. The fourth-order valence-corrected chi connectivity index (χ4v) is 1.70. The molecule has 0 saturated heterocycles. The van der Waals surface area contributed by atoms with Crippen LogP contribution in [0.4, 0.5) is 0 Å². The Morgan fingerprint density at radius 2 is 1.94 bits per heavy atom. The van der Waals surface area contributed by atoms with Crippen LogP contribution < -0.4 is 0 Å². The lowest BCUT2D eigenvalue weighted by molar-refractivity contribution is 0.0696. The maximum Gasteiger partial charge on any atom is 0.341 e. The number of nitrogens with zero attached hydrogens (tertiary/aromatic N) is 1. The Hall–Kier alpha value is -2.10. The summed E-state index contributed by atoms with van der Waals surface area (Å²) in [6.45, 7) is 5.60. The second-order valence-corrected chi connectivity index (χ2v) is 4.08. The first-order valence-corrected chi connectivity index (χ1v) is 5.28. The first-order chi connectivity index (χ1) is 8.00. The zero-order valence-corrected chi connectivity index (χ0v) is 9.94. The average molecular weight is 231 g/mol. The first kappa shape index (κ1) is 11.4. The summed E-state index contributed by atoms with van der Waals surface area (Å²) < 4.78 is 5.11. The number of benzene rings is 1. The minimum absolute atomic E-state index is 0.133. The zero-order chi connectivity index (χ0) is 12.6. The van der Waals surface area contributed by atoms with Crippen LogP contribution in [0.25, 0.3) is 11.3 Å². The monoisotopic (exact) mass is 231 g/mol. The van der Waals surface area contributed by atoms with Crippen molar-refractivity contribution in [2.45, 2.75) is 20.8 Å². The molecule has 1 aromatic carbocycles. The first-order valence-electron chi connectivity index (χ1n) is 5.28. The lowest BCUT2D eigenvalue weighted by Gasteiger charge is -2.03. The predicted molar refractivity (Wildman–Crippen MR) is 63.1 cm³/mol. The van der Waals surface area contributed by atoms with E-state index in [2.05, 4.69) is 5.16 Å². The highest BCUT2D eigenvalue weighted by atomic mass is 16.5. The molecule has 4 nitrogen and oxygen atoms in total. The molecular weight excluding hydrogens is 218 g/mol. The molecule has 0 aliphatic heterocycles. The van der Waals surface area contributed by atoms with Crippen LogP contribution in [0.3, 0.4) is 0 Å². The van der Waals surface area contributed by atoms with Crippen molar-refractivity contribution in [1.29, 1.82) is 0 Å². The number of carboxylic acids is 1. The highest BCUT2D eigenvalue weighted by Gasteiger charge is 2.21. The molecule has 0 aliphatic carbocycles. The van der Waals surface area contributed by atoms with Crippen LogP contribution in [-0.2, 0) is 0 Å². The van der Waals surface area contributed by atoms with Crippen molar-refractivity contribution in [3.05, 3.63) is 40.6 Å². The summed E-state index contributed by atoms with van der Waals surface area (Å²) in [5.74, 6) is -0.699. The van der Waals surface area contributed by atoms with Gasteiger partial charge in [-0.3, -0.25) is 0 Å². The van der Waals surface area contributed by atoms with Gasteiger partial charge >= 0.3 is 5.97 Å². The van der Waals surface area contributed by atoms with Crippen LogP contribution in [-0.4, -0.2) is 16.2 Å². The maximum absolute atomic E-state index is 11.1. The molecule has 1 N–H and O–H groups in total. The minimum atomic E-state index is -1.02. The van der Waals surface area contributed by atoms with E-state index in [1.54, 1.807) is 6.92 Å². The SMILES string of the molecule is Cc1ccc(-c2onc(C)c2C(=O)O)cc1C. The van der Waals surface area contributed by atoms with E-state index in [1.807, 2.05) is 32.0 Å². The third-order valence-corrected chi connectivity index (χ3v) is 2.85. The molecule has 4 heteroatoms. The van der Waals surface area contributed by atoms with E-state index in [-0.39, 0.29) is 5.56 Å². The van der Waals surface area contributed by atoms with Gasteiger partial charge in [0.05, 0.1) is 5.69 Å². The molecule has 0 radical (unpaired) electrons. The van der Waals surface area contributed by atoms with E-state index in [1.165, 1.54) is 0 Å². The molecule has 17 heavy (non-hydrogen) atoms. The molecular formula is C13H13NO3. The lowest BCUT2D eigenvalue weighted by atomic mass is 10.0. The van der Waals surface area contributed by atoms with Gasteiger partial charge in [0.2, 0.25) is 0 Å². The van der Waals surface area contributed by atoms with Gasteiger partial charge in [0.15, 0.2) is 5.76 Å². The third kappa shape index (κ3) is 1.93. The van der Waals surface area contributed by atoms with Crippen LogP contribution in [0.15, 0.2) is 22.7 Å². The number of hydrogen-bond donors (Lipinski definition) is 1. The molecule has 0 saturated carbocycles. The number of carbonyl (C=O) groups is 1. The number of aromatic carboxylic acids is 1. The lowest BCUT2D eigenvalue weighted by Crippen LogP contribution is -1.99. The van der Waals surface area contributed by atoms with Gasteiger partial charge in [-0.1, -0.05) is 17.3 Å². The molecule has 1 aromatic heterocycles. The van der Waals surface area contributed by atoms with Crippen molar-refractivity contribution in [3.63, 3.8) is 0 Å². The fourth-order valence-electron chi connectivity index (χ4n) is 1.70. The number of aryl methyl sites for hydroxylation is 3. The Morgan fingerprint density at radius 3 is 2.53 bits per heavy atom. The maximum atomic E-state index is 11.1. The number of carboxylic acid groups (broad SMARTS) is 1. The Bertz CT molecular complexity index is 584. The zero-order valence-electron chi connectivity index (χ0n) is 9.94. The number of hydrogen-bond acceptors (Lipinski definition) is 3. The van der Waals surface area contributed by atoms with Crippen molar-refractivity contribution in [3.8, 4) is 11.3 Å². The summed E-state index contributed by atoms with van der Waals surface area (Å²) in [5.41, 5.74) is 3.51. The molecule has 88 valence electrons. The van der Waals surface area contributed by atoms with Gasteiger partial charge in [0.1, 0.15) is 5.56 Å². The molecule has 1 heterocycles. The summed E-state index contributed by atoms with van der Waals surface area (Å²) in [6.07, 6.45) is 0. The van der Waals surface area contributed by atoms with Crippen LogP contribution in [0.1, 0.15) is 27.2 Å². The minimum Gasteiger partial charge on any atom is -0.477 e. The van der Waals surface area contributed by atoms with E-state index >= 15 is 0 Å². The fraction of sp³-hybridized carbons (Fsp3) is 0.231. The second kappa shape index (κ2) is 4.05. The van der Waals surface area contributed by atoms with E-state index in [0.29, 0.717) is 11.5 Å². The molecule has 2 aromatic rings. The third-order valence-electron chi connectivity index (χ3n) is 2.85. The van der Waals surface area contributed by atoms with Gasteiger partial charge in [-0.05, 0) is 38.0 Å². The van der Waals surface area contributed by atoms with Gasteiger partial charge in [0, 0.05) is 5.56 Å². The van der Waals surface area contributed by atoms with Crippen LogP contribution >= 0.6 is 0 Å². The topological polar surface area (TPSA) is 63.3 Å². The Balaban J connectivity index is 2.60. The van der Waals surface area contributed by atoms with Gasteiger partial charge in [0.25, 0.3) is 0 Å². The van der Waals surface area contributed by atoms with Gasteiger partial charge in [-0.2, -0.15) is 0 Å². The van der Waals surface area contributed by atoms with Crippen molar-refractivity contribution in [2.75, 3.05) is 0 Å². The molecule has 0 unspecified atom stereocenters. The average Bonchev–Trinajstić information content (AvgIpc) is 2.64. The van der Waals surface area contributed by atoms with Crippen LogP contribution in [0, 0.1) is 20.8 Å². The van der Waals surface area contributed by atoms with Gasteiger partial charge < -0.3 is 9.63 Å². The van der Waals surface area contributed by atoms with Crippen molar-refractivity contribution in [1.82, 2.24) is 5.16 Å². The van der Waals surface area contributed by atoms with Crippen LogP contribution in [0.2, 0.25) is 0 Å². The summed E-state index contributed by atoms with van der Waals surface area (Å²) >= 11 is 0. The van der Waals surface area contributed by atoms with E-state index in [0.717, 1.165) is 16.7 Å². The second-order valence-electron chi connectivity index (χ2n) is 4.08. The van der Waals surface area contributed by atoms with Gasteiger partial charge in [-0.15, -0.1) is 0 Å². The molecule has 0 fully saturated rings. The summed E-state index contributed by atoms with van der Waals surface area (Å²) in [5, 5.41) is 12.8. The quantitative estimate of drug-likeness (QED) is 0.863.